The van der Waals surface area contributed by atoms with Crippen molar-refractivity contribution in [3.05, 3.63) is 33.8 Å². The summed E-state index contributed by atoms with van der Waals surface area (Å²) in [5, 5.41) is 7.89. The van der Waals surface area contributed by atoms with Crippen molar-refractivity contribution in [2.75, 3.05) is 13.7 Å². The van der Waals surface area contributed by atoms with Gasteiger partial charge in [0, 0.05) is 41.6 Å². The Kier molecular flexibility index (Phi) is 5.38. The van der Waals surface area contributed by atoms with Crippen molar-refractivity contribution in [2.24, 2.45) is 0 Å². The Hall–Kier alpha value is -0.680. The lowest BCUT2D eigenvalue weighted by molar-refractivity contribution is 0.185. The second-order valence-corrected chi connectivity index (χ2v) is 6.29. The highest BCUT2D eigenvalue weighted by Crippen LogP contribution is 2.29. The number of rotatable bonds is 7. The number of hydrogen-bond acceptors (Lipinski definition) is 4. The summed E-state index contributed by atoms with van der Waals surface area (Å²) < 4.78 is 5.08. The maximum absolute atomic E-state index is 5.08. The molecule has 0 spiro atoms. The predicted molar refractivity (Wildman–Crippen MR) is 80.4 cm³/mol. The van der Waals surface area contributed by atoms with E-state index in [2.05, 4.69) is 41.2 Å². The Morgan fingerprint density at radius 3 is 3.00 bits per heavy atom. The molecule has 0 amide bonds. The summed E-state index contributed by atoms with van der Waals surface area (Å²) in [4.78, 5) is 2.74. The third-order valence-corrected chi connectivity index (χ3v) is 4.69. The van der Waals surface area contributed by atoms with E-state index in [-0.39, 0.29) is 0 Å². The van der Waals surface area contributed by atoms with Crippen molar-refractivity contribution in [1.29, 1.82) is 0 Å². The van der Waals surface area contributed by atoms with Crippen LogP contribution in [-0.4, -0.2) is 19.8 Å². The van der Waals surface area contributed by atoms with Gasteiger partial charge in [-0.05, 0) is 36.2 Å². The lowest BCUT2D eigenvalue weighted by Gasteiger charge is -2.11. The number of thiophene rings is 2. The molecule has 0 fully saturated rings. The first-order valence-corrected chi connectivity index (χ1v) is 7.89. The van der Waals surface area contributed by atoms with Gasteiger partial charge in [0.2, 0.25) is 0 Å². The van der Waals surface area contributed by atoms with Gasteiger partial charge in [0.1, 0.15) is 0 Å². The van der Waals surface area contributed by atoms with Gasteiger partial charge in [0.15, 0.2) is 0 Å². The minimum absolute atomic E-state index is 0.497. The minimum atomic E-state index is 0.497. The van der Waals surface area contributed by atoms with E-state index in [9.17, 15) is 0 Å². The second-order valence-electron chi connectivity index (χ2n) is 4.34. The van der Waals surface area contributed by atoms with Crippen molar-refractivity contribution < 1.29 is 4.74 Å². The van der Waals surface area contributed by atoms with Gasteiger partial charge in [0.05, 0.1) is 0 Å². The topological polar surface area (TPSA) is 21.3 Å². The molecular formula is C14H19NOS2. The Balaban J connectivity index is 1.84. The molecular weight excluding hydrogens is 262 g/mol. The monoisotopic (exact) mass is 281 g/mol. The molecule has 0 aliphatic carbocycles. The molecule has 2 heterocycles. The van der Waals surface area contributed by atoms with Gasteiger partial charge in [-0.15, -0.1) is 22.7 Å². The third kappa shape index (κ3) is 3.92. The van der Waals surface area contributed by atoms with E-state index >= 15 is 0 Å². The maximum Gasteiger partial charge on any atom is 0.0476 e. The van der Waals surface area contributed by atoms with Crippen molar-refractivity contribution >= 4 is 22.7 Å². The summed E-state index contributed by atoms with van der Waals surface area (Å²) in [6.07, 6.45) is 1.06. The fourth-order valence-corrected chi connectivity index (χ4v) is 3.34. The molecule has 1 atom stereocenters. The van der Waals surface area contributed by atoms with E-state index < -0.39 is 0 Å². The van der Waals surface area contributed by atoms with Crippen LogP contribution in [0.4, 0.5) is 0 Å². The van der Waals surface area contributed by atoms with Crippen LogP contribution in [0.25, 0.3) is 10.4 Å². The molecule has 98 valence electrons. The zero-order chi connectivity index (χ0) is 12.8. The van der Waals surface area contributed by atoms with E-state index in [0.717, 1.165) is 19.6 Å². The van der Waals surface area contributed by atoms with Gasteiger partial charge in [0.25, 0.3) is 0 Å². The quantitative estimate of drug-likeness (QED) is 0.828. The molecule has 0 bridgehead atoms. The molecule has 1 unspecified atom stereocenters. The van der Waals surface area contributed by atoms with Crippen molar-refractivity contribution in [3.63, 3.8) is 0 Å². The largest absolute Gasteiger partial charge is 0.385 e. The van der Waals surface area contributed by atoms with Gasteiger partial charge in [-0.1, -0.05) is 6.07 Å². The predicted octanol–water partition coefficient (Wildman–Crippen LogP) is 3.99. The summed E-state index contributed by atoms with van der Waals surface area (Å²) in [6, 6.07) is 7.05. The van der Waals surface area contributed by atoms with Crippen molar-refractivity contribution in [3.8, 4) is 10.4 Å². The Morgan fingerprint density at radius 1 is 1.39 bits per heavy atom. The number of methoxy groups -OCH3 is 1. The highest BCUT2D eigenvalue weighted by Gasteiger charge is 2.05. The summed E-state index contributed by atoms with van der Waals surface area (Å²) in [5.41, 5.74) is 1.34. The SMILES string of the molecule is COCCC(C)NCc1cc(-c2cccs2)cs1. The molecule has 2 aromatic rings. The molecule has 2 aromatic heterocycles. The fourth-order valence-electron chi connectivity index (χ4n) is 1.72. The van der Waals surface area contributed by atoms with E-state index in [1.807, 2.05) is 11.3 Å². The molecule has 2 nitrogen and oxygen atoms in total. The van der Waals surface area contributed by atoms with Crippen LogP contribution in [0.15, 0.2) is 29.0 Å². The molecule has 2 rings (SSSR count). The van der Waals surface area contributed by atoms with E-state index in [1.165, 1.54) is 15.3 Å². The standard InChI is InChI=1S/C14H19NOS2/c1-11(5-6-16-2)15-9-13-8-12(10-18-13)14-4-3-7-17-14/h3-4,7-8,10-11,15H,5-6,9H2,1-2H3. The van der Waals surface area contributed by atoms with Crippen molar-refractivity contribution in [1.82, 2.24) is 5.32 Å². The zero-order valence-corrected chi connectivity index (χ0v) is 12.4. The number of hydrogen-bond donors (Lipinski definition) is 1. The highest BCUT2D eigenvalue weighted by atomic mass is 32.1. The Labute approximate surface area is 117 Å². The lowest BCUT2D eigenvalue weighted by Crippen LogP contribution is -2.26. The Morgan fingerprint density at radius 2 is 2.28 bits per heavy atom. The third-order valence-electron chi connectivity index (χ3n) is 2.84. The normalized spacial score (nSPS) is 12.8. The number of ether oxygens (including phenoxy) is 1. The van der Waals surface area contributed by atoms with Crippen molar-refractivity contribution in [2.45, 2.75) is 25.9 Å². The number of nitrogens with one attached hydrogen (secondary N) is 1. The molecule has 0 saturated carbocycles. The molecule has 1 N–H and O–H groups in total. The van der Waals surface area contributed by atoms with Gasteiger partial charge >= 0.3 is 0 Å². The van der Waals surface area contributed by atoms with Crippen LogP contribution in [-0.2, 0) is 11.3 Å². The lowest BCUT2D eigenvalue weighted by atomic mass is 10.2. The molecule has 4 heteroatoms. The maximum atomic E-state index is 5.08. The van der Waals surface area contributed by atoms with Crippen LogP contribution in [0.5, 0.6) is 0 Å². The average Bonchev–Trinajstić information content (AvgIpc) is 3.03. The highest BCUT2D eigenvalue weighted by molar-refractivity contribution is 7.14. The van der Waals surface area contributed by atoms with Crippen LogP contribution in [0, 0.1) is 0 Å². The average molecular weight is 281 g/mol. The summed E-state index contributed by atoms with van der Waals surface area (Å²) in [5.74, 6) is 0. The van der Waals surface area contributed by atoms with Crippen LogP contribution in [0.2, 0.25) is 0 Å². The van der Waals surface area contributed by atoms with Gasteiger partial charge in [-0.2, -0.15) is 0 Å². The fraction of sp³-hybridized carbons (Fsp3) is 0.429. The molecule has 0 aliphatic rings. The zero-order valence-electron chi connectivity index (χ0n) is 10.8. The van der Waals surface area contributed by atoms with Gasteiger partial charge < -0.3 is 10.1 Å². The first kappa shape index (κ1) is 13.7. The summed E-state index contributed by atoms with van der Waals surface area (Å²) >= 11 is 3.62. The van der Waals surface area contributed by atoms with Gasteiger partial charge in [-0.3, -0.25) is 0 Å². The molecule has 0 aliphatic heterocycles. The summed E-state index contributed by atoms with van der Waals surface area (Å²) in [7, 11) is 1.75. The van der Waals surface area contributed by atoms with E-state index in [4.69, 9.17) is 4.74 Å². The van der Waals surface area contributed by atoms with Gasteiger partial charge in [-0.25, -0.2) is 0 Å². The van der Waals surface area contributed by atoms with E-state index in [1.54, 1.807) is 18.4 Å². The smallest absolute Gasteiger partial charge is 0.0476 e. The van der Waals surface area contributed by atoms with Crippen LogP contribution in [0.3, 0.4) is 0 Å². The molecule has 18 heavy (non-hydrogen) atoms. The Bertz CT molecular complexity index is 450. The van der Waals surface area contributed by atoms with E-state index in [0.29, 0.717) is 6.04 Å². The first-order valence-electron chi connectivity index (χ1n) is 6.13. The minimum Gasteiger partial charge on any atom is -0.385 e. The first-order chi connectivity index (χ1) is 8.79. The van der Waals surface area contributed by atoms with Crippen LogP contribution in [0.1, 0.15) is 18.2 Å². The van der Waals surface area contributed by atoms with Crippen LogP contribution >= 0.6 is 22.7 Å². The molecule has 0 aromatic carbocycles. The summed E-state index contributed by atoms with van der Waals surface area (Å²) in [6.45, 7) is 3.97. The second kappa shape index (κ2) is 7.04. The van der Waals surface area contributed by atoms with Crippen LogP contribution < -0.4 is 5.32 Å². The molecule has 0 saturated heterocycles. The molecule has 0 radical (unpaired) electrons.